The van der Waals surface area contributed by atoms with Crippen LogP contribution in [0.1, 0.15) is 58.8 Å². The van der Waals surface area contributed by atoms with Crippen LogP contribution < -0.4 is 14.2 Å². The Balaban J connectivity index is 2.08. The lowest BCUT2D eigenvalue weighted by Crippen LogP contribution is -2.37. The molecule has 0 saturated carbocycles. The summed E-state index contributed by atoms with van der Waals surface area (Å²) < 4.78 is 28.4. The molecule has 1 aliphatic rings. The minimum atomic E-state index is -0.591. The topological polar surface area (TPSA) is 63.2 Å². The van der Waals surface area contributed by atoms with E-state index < -0.39 is 6.29 Å². The molecule has 2 rings (SSSR count). The van der Waals surface area contributed by atoms with Crippen molar-refractivity contribution < 1.29 is 28.5 Å². The Morgan fingerprint density at radius 1 is 1.11 bits per heavy atom. The van der Waals surface area contributed by atoms with Gasteiger partial charge >= 0.3 is 0 Å². The molecule has 0 radical (unpaired) electrons. The molecule has 0 atom stereocenters. The lowest BCUT2D eigenvalue weighted by Gasteiger charge is -2.38. The molecule has 28 heavy (non-hydrogen) atoms. The molecule has 1 aliphatic heterocycles. The zero-order valence-electron chi connectivity index (χ0n) is 18.2. The van der Waals surface area contributed by atoms with Gasteiger partial charge < -0.3 is 23.7 Å². The molecule has 1 fully saturated rings. The highest BCUT2D eigenvalue weighted by molar-refractivity contribution is 5.83. The van der Waals surface area contributed by atoms with Crippen LogP contribution in [-0.2, 0) is 14.3 Å². The van der Waals surface area contributed by atoms with Gasteiger partial charge in [0.15, 0.2) is 6.29 Å². The fraction of sp³-hybridized carbons (Fsp3) is 0.682. The second-order valence-corrected chi connectivity index (χ2v) is 8.37. The van der Waals surface area contributed by atoms with E-state index in [-0.39, 0.29) is 16.6 Å². The van der Waals surface area contributed by atoms with Gasteiger partial charge in [-0.15, -0.1) is 0 Å². The van der Waals surface area contributed by atoms with Gasteiger partial charge in [0.1, 0.15) is 23.0 Å². The van der Waals surface area contributed by atoms with Crippen molar-refractivity contribution in [1.82, 2.24) is 0 Å². The first kappa shape index (κ1) is 22.5. The molecular weight excluding hydrogens is 360 g/mol. The van der Waals surface area contributed by atoms with Crippen molar-refractivity contribution in [1.29, 1.82) is 0 Å². The SMILES string of the molecule is CCC(C)(C)C(=O)CCC1(C)COC(c2c(OC)cc(OC)cc2OC)OC1. The van der Waals surface area contributed by atoms with Crippen molar-refractivity contribution in [2.75, 3.05) is 34.5 Å². The minimum Gasteiger partial charge on any atom is -0.496 e. The number of hydrogen-bond donors (Lipinski definition) is 0. The molecule has 1 heterocycles. The average molecular weight is 395 g/mol. The second kappa shape index (κ2) is 9.14. The molecule has 0 bridgehead atoms. The van der Waals surface area contributed by atoms with Crippen LogP contribution in [0.3, 0.4) is 0 Å². The number of benzene rings is 1. The molecular formula is C22H34O6. The molecule has 0 aliphatic carbocycles. The number of methoxy groups -OCH3 is 3. The lowest BCUT2D eigenvalue weighted by atomic mass is 9.79. The summed E-state index contributed by atoms with van der Waals surface area (Å²) in [5.41, 5.74) is 0.221. The van der Waals surface area contributed by atoms with Crippen molar-refractivity contribution >= 4 is 5.78 Å². The van der Waals surface area contributed by atoms with Gasteiger partial charge in [-0.25, -0.2) is 0 Å². The Kier molecular flexibility index (Phi) is 7.34. The summed E-state index contributed by atoms with van der Waals surface area (Å²) in [5, 5.41) is 0. The van der Waals surface area contributed by atoms with E-state index in [9.17, 15) is 4.79 Å². The van der Waals surface area contributed by atoms with E-state index >= 15 is 0 Å². The summed E-state index contributed by atoms with van der Waals surface area (Å²) >= 11 is 0. The molecule has 158 valence electrons. The largest absolute Gasteiger partial charge is 0.496 e. The second-order valence-electron chi connectivity index (χ2n) is 8.37. The summed E-state index contributed by atoms with van der Waals surface area (Å²) in [6.07, 6.45) is 1.52. The van der Waals surface area contributed by atoms with Gasteiger partial charge in [-0.2, -0.15) is 0 Å². The first-order valence-corrected chi connectivity index (χ1v) is 9.76. The third-order valence-electron chi connectivity index (χ3n) is 5.75. The Morgan fingerprint density at radius 3 is 2.07 bits per heavy atom. The molecule has 6 heteroatoms. The monoisotopic (exact) mass is 394 g/mol. The fourth-order valence-corrected chi connectivity index (χ4v) is 3.17. The van der Waals surface area contributed by atoms with E-state index in [0.29, 0.717) is 42.4 Å². The highest BCUT2D eigenvalue weighted by Crippen LogP contribution is 2.44. The molecule has 6 nitrogen and oxygen atoms in total. The minimum absolute atomic E-state index is 0.205. The number of ether oxygens (including phenoxy) is 5. The van der Waals surface area contributed by atoms with Gasteiger partial charge in [-0.1, -0.05) is 27.7 Å². The number of carbonyl (C=O) groups excluding carboxylic acids is 1. The van der Waals surface area contributed by atoms with Crippen LogP contribution in [-0.4, -0.2) is 40.3 Å². The molecule has 1 saturated heterocycles. The van der Waals surface area contributed by atoms with Crippen molar-refractivity contribution in [3.8, 4) is 17.2 Å². The third kappa shape index (κ3) is 4.97. The van der Waals surface area contributed by atoms with Crippen LogP contribution in [0.5, 0.6) is 17.2 Å². The van der Waals surface area contributed by atoms with Crippen molar-refractivity contribution in [3.05, 3.63) is 17.7 Å². The Bertz CT molecular complexity index is 649. The Labute approximate surface area is 168 Å². The van der Waals surface area contributed by atoms with Gasteiger partial charge in [0, 0.05) is 29.4 Å². The van der Waals surface area contributed by atoms with Crippen molar-refractivity contribution in [2.24, 2.45) is 10.8 Å². The van der Waals surface area contributed by atoms with Crippen molar-refractivity contribution in [3.63, 3.8) is 0 Å². The van der Waals surface area contributed by atoms with Crippen LogP contribution in [0.2, 0.25) is 0 Å². The maximum atomic E-state index is 12.5. The van der Waals surface area contributed by atoms with Gasteiger partial charge in [0.2, 0.25) is 0 Å². The molecule has 0 amide bonds. The quantitative estimate of drug-likeness (QED) is 0.612. The predicted octanol–water partition coefficient (Wildman–Crippen LogP) is 4.55. The average Bonchev–Trinajstić information content (AvgIpc) is 2.71. The first-order chi connectivity index (χ1) is 13.2. The molecule has 0 spiro atoms. The summed E-state index contributed by atoms with van der Waals surface area (Å²) in [6, 6.07) is 3.56. The lowest BCUT2D eigenvalue weighted by molar-refractivity contribution is -0.232. The number of ketones is 1. The number of carbonyl (C=O) groups is 1. The summed E-state index contributed by atoms with van der Waals surface area (Å²) in [6.45, 7) is 9.14. The van der Waals surface area contributed by atoms with E-state index in [4.69, 9.17) is 23.7 Å². The highest BCUT2D eigenvalue weighted by atomic mass is 16.7. The predicted molar refractivity (Wildman–Crippen MR) is 107 cm³/mol. The van der Waals surface area contributed by atoms with E-state index in [0.717, 1.165) is 12.8 Å². The third-order valence-corrected chi connectivity index (χ3v) is 5.75. The van der Waals surface area contributed by atoms with Gasteiger partial charge in [-0.05, 0) is 12.8 Å². The van der Waals surface area contributed by atoms with Crippen LogP contribution >= 0.6 is 0 Å². The molecule has 1 aromatic carbocycles. The van der Waals surface area contributed by atoms with Crippen LogP contribution in [0.25, 0.3) is 0 Å². The number of Topliss-reactive ketones (excluding diaryl/α,β-unsaturated/α-hetero) is 1. The summed E-state index contributed by atoms with van der Waals surface area (Å²) in [5.74, 6) is 2.10. The van der Waals surface area contributed by atoms with E-state index in [1.54, 1.807) is 33.5 Å². The smallest absolute Gasteiger partial charge is 0.191 e. The normalized spacial score (nSPS) is 22.6. The first-order valence-electron chi connectivity index (χ1n) is 9.76. The Hall–Kier alpha value is -1.79. The maximum absolute atomic E-state index is 12.5. The molecule has 0 N–H and O–H groups in total. The summed E-state index contributed by atoms with van der Waals surface area (Å²) in [4.78, 5) is 12.5. The van der Waals surface area contributed by atoms with E-state index in [1.807, 2.05) is 20.8 Å². The fourth-order valence-electron chi connectivity index (χ4n) is 3.17. The van der Waals surface area contributed by atoms with Gasteiger partial charge in [-0.3, -0.25) is 4.79 Å². The maximum Gasteiger partial charge on any atom is 0.191 e. The zero-order valence-corrected chi connectivity index (χ0v) is 18.2. The zero-order chi connectivity index (χ0) is 20.9. The van der Waals surface area contributed by atoms with E-state index in [1.165, 1.54) is 0 Å². The molecule has 0 unspecified atom stereocenters. The van der Waals surface area contributed by atoms with Crippen LogP contribution in [0.4, 0.5) is 0 Å². The molecule has 0 aromatic heterocycles. The molecule has 1 aromatic rings. The van der Waals surface area contributed by atoms with Crippen LogP contribution in [0.15, 0.2) is 12.1 Å². The van der Waals surface area contributed by atoms with Gasteiger partial charge in [0.25, 0.3) is 0 Å². The summed E-state index contributed by atoms with van der Waals surface area (Å²) in [7, 11) is 4.77. The van der Waals surface area contributed by atoms with Crippen molar-refractivity contribution in [2.45, 2.75) is 53.2 Å². The van der Waals surface area contributed by atoms with E-state index in [2.05, 4.69) is 6.92 Å². The number of hydrogen-bond acceptors (Lipinski definition) is 6. The highest BCUT2D eigenvalue weighted by Gasteiger charge is 2.37. The Morgan fingerprint density at radius 2 is 1.64 bits per heavy atom. The van der Waals surface area contributed by atoms with Gasteiger partial charge in [0.05, 0.1) is 40.1 Å². The number of rotatable bonds is 9. The standard InChI is InChI=1S/C22H34O6/c1-8-21(2,3)18(23)9-10-22(4)13-27-20(28-14-22)19-16(25-6)11-15(24-5)12-17(19)26-7/h11-12,20H,8-10,13-14H2,1-7H3. The van der Waals surface area contributed by atoms with Crippen LogP contribution in [0, 0.1) is 10.8 Å².